The fourth-order valence-corrected chi connectivity index (χ4v) is 3.12. The van der Waals surface area contributed by atoms with Crippen molar-refractivity contribution < 1.29 is 9.21 Å². The van der Waals surface area contributed by atoms with Crippen molar-refractivity contribution >= 4 is 34.1 Å². The summed E-state index contributed by atoms with van der Waals surface area (Å²) in [6, 6.07) is 20.9. The second kappa shape index (κ2) is 8.15. The topological polar surface area (TPSA) is 115 Å². The average molecular weight is 424 g/mol. The molecule has 0 aliphatic heterocycles. The van der Waals surface area contributed by atoms with Gasteiger partial charge in [0.15, 0.2) is 11.6 Å². The van der Waals surface area contributed by atoms with Crippen molar-refractivity contribution in [1.82, 2.24) is 20.0 Å². The predicted octanol–water partition coefficient (Wildman–Crippen LogP) is 3.76. The minimum atomic E-state index is -0.684. The molecule has 0 fully saturated rings. The van der Waals surface area contributed by atoms with E-state index in [0.717, 1.165) is 5.69 Å². The van der Waals surface area contributed by atoms with Crippen LogP contribution in [0.3, 0.4) is 0 Å². The number of aromatic nitrogens is 4. The molecule has 0 saturated heterocycles. The molecule has 9 heteroatoms. The molecular formula is C23H16N6O3. The lowest BCUT2D eigenvalue weighted by Crippen LogP contribution is -2.20. The number of amides is 1. The smallest absolute Gasteiger partial charge is 0.349 e. The Balaban J connectivity index is 1.27. The molecule has 0 saturated carbocycles. The van der Waals surface area contributed by atoms with E-state index < -0.39 is 11.5 Å². The molecule has 2 N–H and O–H groups in total. The summed E-state index contributed by atoms with van der Waals surface area (Å²) in [5.41, 5.74) is 0.989. The van der Waals surface area contributed by atoms with Crippen LogP contribution in [-0.4, -0.2) is 25.9 Å². The molecule has 0 radical (unpaired) electrons. The van der Waals surface area contributed by atoms with E-state index in [1.165, 1.54) is 6.07 Å². The molecule has 2 aromatic carbocycles. The quantitative estimate of drug-likeness (QED) is 0.413. The normalized spacial score (nSPS) is 10.8. The highest BCUT2D eigenvalue weighted by molar-refractivity contribution is 6.05. The van der Waals surface area contributed by atoms with Gasteiger partial charge in [-0.3, -0.25) is 4.79 Å². The lowest BCUT2D eigenvalue weighted by Gasteiger charge is -2.08. The highest BCUT2D eigenvalue weighted by atomic mass is 16.4. The lowest BCUT2D eigenvalue weighted by atomic mass is 10.1. The largest absolute Gasteiger partial charge is 0.422 e. The zero-order chi connectivity index (χ0) is 21.9. The van der Waals surface area contributed by atoms with Gasteiger partial charge in [-0.1, -0.05) is 18.2 Å². The molecule has 5 rings (SSSR count). The Hall–Kier alpha value is -4.79. The summed E-state index contributed by atoms with van der Waals surface area (Å²) in [6.07, 6.45) is 3.45. The lowest BCUT2D eigenvalue weighted by molar-refractivity contribution is 0.102. The van der Waals surface area contributed by atoms with Gasteiger partial charge >= 0.3 is 5.63 Å². The summed E-state index contributed by atoms with van der Waals surface area (Å²) >= 11 is 0. The number of nitrogens with one attached hydrogen (secondary N) is 2. The van der Waals surface area contributed by atoms with Crippen molar-refractivity contribution in [3.8, 4) is 5.82 Å². The second-order valence-electron chi connectivity index (χ2n) is 6.87. The highest BCUT2D eigenvalue weighted by Crippen LogP contribution is 2.19. The summed E-state index contributed by atoms with van der Waals surface area (Å²) in [5.74, 6) is 0.633. The first-order valence-electron chi connectivity index (χ1n) is 9.71. The Morgan fingerprint density at radius 2 is 1.72 bits per heavy atom. The third-order valence-corrected chi connectivity index (χ3v) is 4.69. The minimum absolute atomic E-state index is 0.0570. The maximum Gasteiger partial charge on any atom is 0.349 e. The van der Waals surface area contributed by atoms with Crippen LogP contribution in [0.25, 0.3) is 16.8 Å². The number of carbonyl (C=O) groups excluding carboxylic acids is 1. The van der Waals surface area contributed by atoms with E-state index in [4.69, 9.17) is 4.42 Å². The average Bonchev–Trinajstić information content (AvgIpc) is 3.35. The third kappa shape index (κ3) is 3.94. The number of benzene rings is 2. The molecule has 156 valence electrons. The van der Waals surface area contributed by atoms with Gasteiger partial charge in [0, 0.05) is 29.2 Å². The molecule has 3 heterocycles. The number of nitrogens with zero attached hydrogens (tertiary/aromatic N) is 4. The van der Waals surface area contributed by atoms with Crippen molar-refractivity contribution in [2.45, 2.75) is 0 Å². The number of rotatable bonds is 5. The van der Waals surface area contributed by atoms with E-state index in [1.807, 2.05) is 6.07 Å². The van der Waals surface area contributed by atoms with Gasteiger partial charge in [0.05, 0.1) is 0 Å². The summed E-state index contributed by atoms with van der Waals surface area (Å²) in [4.78, 5) is 24.7. The molecule has 1 amide bonds. The Kier molecular flexibility index (Phi) is 4.89. The van der Waals surface area contributed by atoms with Crippen molar-refractivity contribution in [2.75, 3.05) is 10.6 Å². The first kappa shape index (κ1) is 19.2. The van der Waals surface area contributed by atoms with Crippen LogP contribution in [0.5, 0.6) is 0 Å². The van der Waals surface area contributed by atoms with Crippen molar-refractivity contribution in [3.05, 3.63) is 101 Å². The van der Waals surface area contributed by atoms with Crippen molar-refractivity contribution in [1.29, 1.82) is 0 Å². The fourth-order valence-electron chi connectivity index (χ4n) is 3.12. The van der Waals surface area contributed by atoms with Gasteiger partial charge in [-0.25, -0.2) is 9.48 Å². The van der Waals surface area contributed by atoms with E-state index >= 15 is 0 Å². The summed E-state index contributed by atoms with van der Waals surface area (Å²) < 4.78 is 6.84. The molecule has 0 aliphatic carbocycles. The molecule has 0 aliphatic rings. The van der Waals surface area contributed by atoms with Gasteiger partial charge in [0.25, 0.3) is 5.91 Å². The van der Waals surface area contributed by atoms with Gasteiger partial charge in [-0.15, -0.1) is 10.2 Å². The predicted molar refractivity (Wildman–Crippen MR) is 119 cm³/mol. The van der Waals surface area contributed by atoms with E-state index in [0.29, 0.717) is 28.3 Å². The molecule has 0 atom stereocenters. The third-order valence-electron chi connectivity index (χ3n) is 4.69. The SMILES string of the molecule is O=C(Nc1ccc(Nc2ccc(-n3cccn3)nn2)cc1)c1cc2ccccc2oc1=O. The van der Waals surface area contributed by atoms with Crippen LogP contribution in [-0.2, 0) is 0 Å². The number of para-hydroxylation sites is 1. The molecule has 3 aromatic heterocycles. The van der Waals surface area contributed by atoms with Crippen molar-refractivity contribution in [3.63, 3.8) is 0 Å². The summed E-state index contributed by atoms with van der Waals surface area (Å²) in [7, 11) is 0. The first-order valence-corrected chi connectivity index (χ1v) is 9.71. The van der Waals surface area contributed by atoms with Crippen LogP contribution < -0.4 is 16.3 Å². The number of fused-ring (bicyclic) bond motifs is 1. The van der Waals surface area contributed by atoms with E-state index in [2.05, 4.69) is 25.9 Å². The van der Waals surface area contributed by atoms with Gasteiger partial charge in [0.2, 0.25) is 0 Å². The van der Waals surface area contributed by atoms with Crippen LogP contribution in [0.2, 0.25) is 0 Å². The van der Waals surface area contributed by atoms with Crippen LogP contribution in [0.4, 0.5) is 17.2 Å². The molecule has 0 spiro atoms. The van der Waals surface area contributed by atoms with Crippen LogP contribution in [0.1, 0.15) is 10.4 Å². The Labute approximate surface area is 181 Å². The van der Waals surface area contributed by atoms with Crippen LogP contribution in [0.15, 0.2) is 94.4 Å². The maximum absolute atomic E-state index is 12.6. The first-order chi connectivity index (χ1) is 15.7. The maximum atomic E-state index is 12.6. The van der Waals surface area contributed by atoms with Gasteiger partial charge in [0.1, 0.15) is 11.1 Å². The second-order valence-corrected chi connectivity index (χ2v) is 6.87. The molecule has 0 unspecified atom stereocenters. The molecule has 0 bridgehead atoms. The number of hydrogen-bond donors (Lipinski definition) is 2. The molecular weight excluding hydrogens is 408 g/mol. The van der Waals surface area contributed by atoms with Gasteiger partial charge in [-0.2, -0.15) is 5.10 Å². The molecule has 5 aromatic rings. The van der Waals surface area contributed by atoms with E-state index in [9.17, 15) is 9.59 Å². The summed E-state index contributed by atoms with van der Waals surface area (Å²) in [6.45, 7) is 0. The zero-order valence-corrected chi connectivity index (χ0v) is 16.6. The monoisotopic (exact) mass is 424 g/mol. The Morgan fingerprint density at radius 3 is 2.47 bits per heavy atom. The van der Waals surface area contributed by atoms with Gasteiger partial charge in [-0.05, 0) is 54.6 Å². The molecule has 9 nitrogen and oxygen atoms in total. The minimum Gasteiger partial charge on any atom is -0.422 e. The fraction of sp³-hybridized carbons (Fsp3) is 0. The Morgan fingerprint density at radius 1 is 0.906 bits per heavy atom. The van der Waals surface area contributed by atoms with E-state index in [-0.39, 0.29) is 5.56 Å². The number of hydrogen-bond acceptors (Lipinski definition) is 7. The number of carbonyl (C=O) groups is 1. The van der Waals surface area contributed by atoms with Crippen LogP contribution >= 0.6 is 0 Å². The zero-order valence-electron chi connectivity index (χ0n) is 16.6. The Bertz CT molecular complexity index is 1440. The van der Waals surface area contributed by atoms with E-state index in [1.54, 1.807) is 77.7 Å². The van der Waals surface area contributed by atoms with Crippen molar-refractivity contribution in [2.24, 2.45) is 0 Å². The van der Waals surface area contributed by atoms with Crippen LogP contribution in [0, 0.1) is 0 Å². The summed E-state index contributed by atoms with van der Waals surface area (Å²) in [5, 5.41) is 18.9. The molecule has 32 heavy (non-hydrogen) atoms. The standard InChI is InChI=1S/C23H16N6O3/c30-22(18-14-15-4-1-2-5-19(15)32-23(18)31)26-17-8-6-16(7-9-17)25-20-10-11-21(28-27-20)29-13-3-12-24-29/h1-14H,(H,25,27)(H,26,30). The van der Waals surface area contributed by atoms with Gasteiger partial charge < -0.3 is 15.1 Å². The highest BCUT2D eigenvalue weighted by Gasteiger charge is 2.14. The number of anilines is 3.